The van der Waals surface area contributed by atoms with Gasteiger partial charge in [0.2, 0.25) is 11.0 Å². The average molecular weight is 411 g/mol. The molecule has 9 heteroatoms. The number of carbonyl (C=O) groups excluding carboxylic acids is 1. The molecular formula is C18H26N4O3S2. The maximum atomic E-state index is 11.9. The number of nitrogens with zero attached hydrogens (tertiary/aromatic N) is 2. The van der Waals surface area contributed by atoms with Crippen LogP contribution in [-0.4, -0.2) is 48.7 Å². The van der Waals surface area contributed by atoms with E-state index in [9.17, 15) is 4.79 Å². The third kappa shape index (κ3) is 8.59. The van der Waals surface area contributed by atoms with Crippen molar-refractivity contribution >= 4 is 39.8 Å². The van der Waals surface area contributed by atoms with E-state index in [2.05, 4.69) is 34.7 Å². The van der Waals surface area contributed by atoms with Gasteiger partial charge in [-0.2, -0.15) is 0 Å². The van der Waals surface area contributed by atoms with Crippen molar-refractivity contribution in [1.29, 1.82) is 0 Å². The molecule has 0 unspecified atom stereocenters. The summed E-state index contributed by atoms with van der Waals surface area (Å²) in [5.41, 5.74) is 0.902. The number of anilines is 2. The van der Waals surface area contributed by atoms with Crippen LogP contribution in [0.4, 0.5) is 10.8 Å². The zero-order valence-electron chi connectivity index (χ0n) is 15.9. The fraction of sp³-hybridized carbons (Fsp3) is 0.500. The molecule has 2 rings (SSSR count). The molecule has 0 atom stereocenters. The maximum Gasteiger partial charge on any atom is 0.230 e. The topological polar surface area (TPSA) is 85.4 Å². The average Bonchev–Trinajstić information content (AvgIpc) is 3.10. The lowest BCUT2D eigenvalue weighted by Crippen LogP contribution is -2.28. The quantitative estimate of drug-likeness (QED) is 0.409. The SMILES string of the molecule is COc1ccc(Nc2nnc(SCC(=O)NCCOCCC(C)C)s2)cc1. The van der Waals surface area contributed by atoms with Crippen molar-refractivity contribution in [2.24, 2.45) is 5.92 Å². The van der Waals surface area contributed by atoms with Gasteiger partial charge in [-0.3, -0.25) is 4.79 Å². The van der Waals surface area contributed by atoms with E-state index in [0.717, 1.165) is 28.8 Å². The lowest BCUT2D eigenvalue weighted by molar-refractivity contribution is -0.118. The number of rotatable bonds is 12. The Balaban J connectivity index is 1.64. The third-order valence-electron chi connectivity index (χ3n) is 3.48. The molecule has 0 aliphatic rings. The summed E-state index contributed by atoms with van der Waals surface area (Å²) in [6.45, 7) is 6.12. The van der Waals surface area contributed by atoms with Crippen LogP contribution in [0.3, 0.4) is 0 Å². The van der Waals surface area contributed by atoms with Gasteiger partial charge in [0, 0.05) is 18.8 Å². The van der Waals surface area contributed by atoms with Gasteiger partial charge in [0.15, 0.2) is 4.34 Å². The van der Waals surface area contributed by atoms with Crippen molar-refractivity contribution in [3.63, 3.8) is 0 Å². The number of nitrogens with one attached hydrogen (secondary N) is 2. The third-order valence-corrected chi connectivity index (χ3v) is 5.45. The van der Waals surface area contributed by atoms with E-state index in [0.29, 0.717) is 30.0 Å². The van der Waals surface area contributed by atoms with Crippen molar-refractivity contribution in [3.8, 4) is 5.75 Å². The van der Waals surface area contributed by atoms with Crippen LogP contribution in [0.5, 0.6) is 5.75 Å². The molecule has 0 bridgehead atoms. The van der Waals surface area contributed by atoms with Crippen LogP contribution >= 0.6 is 23.1 Å². The Morgan fingerprint density at radius 3 is 2.70 bits per heavy atom. The molecule has 1 aromatic carbocycles. The molecule has 2 N–H and O–H groups in total. The Morgan fingerprint density at radius 1 is 1.22 bits per heavy atom. The Kier molecular flexibility index (Phi) is 9.37. The Morgan fingerprint density at radius 2 is 2.00 bits per heavy atom. The number of benzene rings is 1. The van der Waals surface area contributed by atoms with Crippen LogP contribution < -0.4 is 15.4 Å². The molecule has 0 saturated heterocycles. The predicted octanol–water partition coefficient (Wildman–Crippen LogP) is 3.56. The monoisotopic (exact) mass is 410 g/mol. The molecule has 1 heterocycles. The molecule has 7 nitrogen and oxygen atoms in total. The number of carbonyl (C=O) groups is 1. The fourth-order valence-electron chi connectivity index (χ4n) is 1.98. The first-order valence-corrected chi connectivity index (χ1v) is 10.6. The molecule has 27 heavy (non-hydrogen) atoms. The zero-order chi connectivity index (χ0) is 19.5. The van der Waals surface area contributed by atoms with Gasteiger partial charge in [-0.15, -0.1) is 10.2 Å². The summed E-state index contributed by atoms with van der Waals surface area (Å²) < 4.78 is 11.4. The first-order valence-electron chi connectivity index (χ1n) is 8.78. The van der Waals surface area contributed by atoms with Crippen molar-refractivity contribution in [1.82, 2.24) is 15.5 Å². The number of amides is 1. The van der Waals surface area contributed by atoms with Gasteiger partial charge in [0.05, 0.1) is 19.5 Å². The molecule has 0 spiro atoms. The van der Waals surface area contributed by atoms with Gasteiger partial charge >= 0.3 is 0 Å². The normalized spacial score (nSPS) is 10.8. The highest BCUT2D eigenvalue weighted by Crippen LogP contribution is 2.28. The second kappa shape index (κ2) is 11.8. The van der Waals surface area contributed by atoms with Gasteiger partial charge in [0.1, 0.15) is 5.75 Å². The first kappa shape index (κ1) is 21.5. The van der Waals surface area contributed by atoms with Crippen LogP contribution in [0, 0.1) is 5.92 Å². The largest absolute Gasteiger partial charge is 0.497 e. The molecule has 0 aliphatic heterocycles. The molecule has 1 aromatic heterocycles. The molecule has 0 saturated carbocycles. The van der Waals surface area contributed by atoms with Crippen LogP contribution in [0.25, 0.3) is 0 Å². The van der Waals surface area contributed by atoms with Gasteiger partial charge in [-0.05, 0) is 36.6 Å². The zero-order valence-corrected chi connectivity index (χ0v) is 17.5. The minimum atomic E-state index is -0.0349. The summed E-state index contributed by atoms with van der Waals surface area (Å²) in [5.74, 6) is 1.70. The number of ether oxygens (including phenoxy) is 2. The number of thioether (sulfide) groups is 1. The van der Waals surface area contributed by atoms with Gasteiger partial charge in [-0.1, -0.05) is 36.9 Å². The smallest absolute Gasteiger partial charge is 0.230 e. The Labute approximate surface area is 168 Å². The van der Waals surface area contributed by atoms with E-state index in [-0.39, 0.29) is 5.91 Å². The van der Waals surface area contributed by atoms with E-state index in [1.807, 2.05) is 24.3 Å². The van der Waals surface area contributed by atoms with Crippen LogP contribution in [0.2, 0.25) is 0 Å². The lowest BCUT2D eigenvalue weighted by atomic mass is 10.1. The summed E-state index contributed by atoms with van der Waals surface area (Å²) in [4.78, 5) is 11.9. The van der Waals surface area contributed by atoms with Gasteiger partial charge < -0.3 is 20.1 Å². The van der Waals surface area contributed by atoms with E-state index >= 15 is 0 Å². The van der Waals surface area contributed by atoms with Crippen LogP contribution in [0.15, 0.2) is 28.6 Å². The van der Waals surface area contributed by atoms with Crippen LogP contribution in [0.1, 0.15) is 20.3 Å². The van der Waals surface area contributed by atoms with E-state index in [1.54, 1.807) is 7.11 Å². The molecule has 2 aromatic rings. The van der Waals surface area contributed by atoms with Gasteiger partial charge in [-0.25, -0.2) is 0 Å². The number of hydrogen-bond acceptors (Lipinski definition) is 8. The molecule has 0 aliphatic carbocycles. The summed E-state index contributed by atoms with van der Waals surface area (Å²) in [5, 5.41) is 14.9. The molecule has 0 fully saturated rings. The van der Waals surface area contributed by atoms with E-state index in [4.69, 9.17) is 9.47 Å². The standard InChI is InChI=1S/C18H26N4O3S2/c1-13(2)8-10-25-11-9-19-16(23)12-26-18-22-21-17(27-18)20-14-4-6-15(24-3)7-5-14/h4-7,13H,8-12H2,1-3H3,(H,19,23)(H,20,21). The molecular weight excluding hydrogens is 384 g/mol. The van der Waals surface area contributed by atoms with Crippen LogP contribution in [-0.2, 0) is 9.53 Å². The number of aromatic nitrogens is 2. The highest BCUT2D eigenvalue weighted by molar-refractivity contribution is 8.01. The molecule has 1 amide bonds. The number of methoxy groups -OCH3 is 1. The minimum absolute atomic E-state index is 0.0349. The highest BCUT2D eigenvalue weighted by Gasteiger charge is 2.08. The van der Waals surface area contributed by atoms with E-state index < -0.39 is 0 Å². The molecule has 148 valence electrons. The van der Waals surface area contributed by atoms with E-state index in [1.165, 1.54) is 23.1 Å². The summed E-state index contributed by atoms with van der Waals surface area (Å²) >= 11 is 2.78. The second-order valence-corrected chi connectivity index (χ2v) is 8.36. The van der Waals surface area contributed by atoms with Crippen molar-refractivity contribution < 1.29 is 14.3 Å². The minimum Gasteiger partial charge on any atom is -0.497 e. The highest BCUT2D eigenvalue weighted by atomic mass is 32.2. The van der Waals surface area contributed by atoms with Crippen molar-refractivity contribution in [2.45, 2.75) is 24.6 Å². The fourth-order valence-corrected chi connectivity index (χ4v) is 3.58. The van der Waals surface area contributed by atoms with Gasteiger partial charge in [0.25, 0.3) is 0 Å². The first-order chi connectivity index (χ1) is 13.1. The summed E-state index contributed by atoms with van der Waals surface area (Å²) in [7, 11) is 1.63. The predicted molar refractivity (Wildman–Crippen MR) is 110 cm³/mol. The lowest BCUT2D eigenvalue weighted by Gasteiger charge is -2.07. The number of hydrogen-bond donors (Lipinski definition) is 2. The summed E-state index contributed by atoms with van der Waals surface area (Å²) in [6.07, 6.45) is 1.04. The Bertz CT molecular complexity index is 692. The summed E-state index contributed by atoms with van der Waals surface area (Å²) in [6, 6.07) is 7.55. The van der Waals surface area contributed by atoms with Crippen molar-refractivity contribution in [2.75, 3.05) is 37.9 Å². The molecule has 0 radical (unpaired) electrons. The Hall–Kier alpha value is -1.84. The van der Waals surface area contributed by atoms with Crippen molar-refractivity contribution in [3.05, 3.63) is 24.3 Å². The second-order valence-electron chi connectivity index (χ2n) is 6.16. The maximum absolute atomic E-state index is 11.9.